The van der Waals surface area contributed by atoms with Crippen molar-refractivity contribution in [3.63, 3.8) is 0 Å². The molecule has 4 aliphatic carbocycles. The van der Waals surface area contributed by atoms with Crippen LogP contribution in [0, 0.1) is 28.6 Å². The Morgan fingerprint density at radius 1 is 0.964 bits per heavy atom. The average Bonchev–Trinajstić information content (AvgIpc) is 2.92. The molecule has 0 heterocycles. The molecule has 0 bridgehead atoms. The summed E-state index contributed by atoms with van der Waals surface area (Å²) in [6.45, 7) is 9.64. The minimum atomic E-state index is -0.954. The summed E-state index contributed by atoms with van der Waals surface area (Å²) in [4.78, 5) is 37.0. The van der Waals surface area contributed by atoms with Crippen LogP contribution in [0.15, 0.2) is 11.1 Å². The summed E-state index contributed by atoms with van der Waals surface area (Å²) < 4.78 is 5.83. The van der Waals surface area contributed by atoms with E-state index in [2.05, 4.69) is 13.8 Å². The quantitative estimate of drug-likeness (QED) is 0.640. The van der Waals surface area contributed by atoms with Crippen LogP contribution in [0.5, 0.6) is 0 Å². The van der Waals surface area contributed by atoms with E-state index in [4.69, 9.17) is 4.74 Å². The van der Waals surface area contributed by atoms with Gasteiger partial charge in [-0.3, -0.25) is 14.4 Å². The van der Waals surface area contributed by atoms with E-state index in [1.807, 2.05) is 6.92 Å². The predicted molar refractivity (Wildman–Crippen MR) is 107 cm³/mol. The van der Waals surface area contributed by atoms with E-state index < -0.39 is 5.60 Å². The summed E-state index contributed by atoms with van der Waals surface area (Å²) in [5.41, 5.74) is 1.31. The van der Waals surface area contributed by atoms with Crippen molar-refractivity contribution in [3.05, 3.63) is 11.1 Å². The Kier molecular flexibility index (Phi) is 4.45. The summed E-state index contributed by atoms with van der Waals surface area (Å²) in [7, 11) is 0. The van der Waals surface area contributed by atoms with Gasteiger partial charge < -0.3 is 4.74 Å². The topological polar surface area (TPSA) is 60.4 Å². The molecule has 0 aromatic rings. The van der Waals surface area contributed by atoms with Gasteiger partial charge in [0.05, 0.1) is 0 Å². The minimum absolute atomic E-state index is 0.00728. The Bertz CT molecular complexity index is 779. The Morgan fingerprint density at radius 3 is 2.29 bits per heavy atom. The first-order valence-corrected chi connectivity index (χ1v) is 11.0. The van der Waals surface area contributed by atoms with Crippen molar-refractivity contribution in [2.45, 2.75) is 91.6 Å². The minimum Gasteiger partial charge on any atom is -0.451 e. The number of rotatable bonds is 2. The molecule has 4 heteroatoms. The van der Waals surface area contributed by atoms with Crippen LogP contribution in [0.1, 0.15) is 86.0 Å². The standard InChI is InChI=1S/C24H34O4/c1-14-18-7-6-17-19(22(18,4)11-10-21(14)27)8-12-23(5)20(17)9-13-24(23,15(2)25)28-16(3)26/h17,19-20H,6-13H2,1-5H3. The number of esters is 1. The molecule has 6 atom stereocenters. The first-order chi connectivity index (χ1) is 13.1. The summed E-state index contributed by atoms with van der Waals surface area (Å²) >= 11 is 0. The van der Waals surface area contributed by atoms with Crippen LogP contribution < -0.4 is 0 Å². The van der Waals surface area contributed by atoms with Gasteiger partial charge in [-0.05, 0) is 87.5 Å². The van der Waals surface area contributed by atoms with Crippen molar-refractivity contribution in [1.82, 2.24) is 0 Å². The van der Waals surface area contributed by atoms with Crippen molar-refractivity contribution < 1.29 is 19.1 Å². The second-order valence-corrected chi connectivity index (χ2v) is 10.3. The van der Waals surface area contributed by atoms with Crippen LogP contribution in [0.3, 0.4) is 0 Å². The smallest absolute Gasteiger partial charge is 0.303 e. The molecule has 0 N–H and O–H groups in total. The lowest BCUT2D eigenvalue weighted by molar-refractivity contribution is -0.187. The van der Waals surface area contributed by atoms with Crippen LogP contribution in [0.2, 0.25) is 0 Å². The fourth-order valence-electron chi connectivity index (χ4n) is 8.04. The Hall–Kier alpha value is -1.45. The van der Waals surface area contributed by atoms with E-state index in [0.29, 0.717) is 36.4 Å². The van der Waals surface area contributed by atoms with Crippen molar-refractivity contribution in [3.8, 4) is 0 Å². The third-order valence-electron chi connectivity index (χ3n) is 9.42. The molecule has 0 amide bonds. The van der Waals surface area contributed by atoms with Crippen LogP contribution in [-0.4, -0.2) is 23.1 Å². The van der Waals surface area contributed by atoms with Gasteiger partial charge in [-0.25, -0.2) is 0 Å². The van der Waals surface area contributed by atoms with E-state index in [-0.39, 0.29) is 22.6 Å². The van der Waals surface area contributed by atoms with Gasteiger partial charge in [0, 0.05) is 18.8 Å². The zero-order valence-corrected chi connectivity index (χ0v) is 18.0. The molecule has 4 nitrogen and oxygen atoms in total. The van der Waals surface area contributed by atoms with E-state index in [1.165, 1.54) is 12.5 Å². The van der Waals surface area contributed by atoms with Crippen LogP contribution in [-0.2, 0) is 19.1 Å². The van der Waals surface area contributed by atoms with Crippen LogP contribution in [0.25, 0.3) is 0 Å². The van der Waals surface area contributed by atoms with Gasteiger partial charge >= 0.3 is 5.97 Å². The van der Waals surface area contributed by atoms with Gasteiger partial charge in [0.2, 0.25) is 0 Å². The fraction of sp³-hybridized carbons (Fsp3) is 0.792. The molecule has 0 aliphatic heterocycles. The number of ketones is 2. The monoisotopic (exact) mass is 386 g/mol. The lowest BCUT2D eigenvalue weighted by atomic mass is 9.45. The number of hydrogen-bond acceptors (Lipinski definition) is 4. The van der Waals surface area contributed by atoms with E-state index >= 15 is 0 Å². The molecule has 28 heavy (non-hydrogen) atoms. The Balaban J connectivity index is 1.72. The molecule has 0 radical (unpaired) electrons. The molecule has 4 aliphatic rings. The number of allylic oxidation sites excluding steroid dienone is 1. The lowest BCUT2D eigenvalue weighted by Crippen LogP contribution is -2.58. The zero-order chi connectivity index (χ0) is 20.5. The lowest BCUT2D eigenvalue weighted by Gasteiger charge is -2.59. The van der Waals surface area contributed by atoms with Gasteiger partial charge in [0.25, 0.3) is 0 Å². The molecule has 4 rings (SSSR count). The summed E-state index contributed by atoms with van der Waals surface area (Å²) in [5.74, 6) is 1.51. The van der Waals surface area contributed by atoms with E-state index in [9.17, 15) is 14.4 Å². The fourth-order valence-corrected chi connectivity index (χ4v) is 8.04. The van der Waals surface area contributed by atoms with Crippen molar-refractivity contribution >= 4 is 17.5 Å². The number of hydrogen-bond donors (Lipinski definition) is 0. The van der Waals surface area contributed by atoms with Gasteiger partial charge in [0.1, 0.15) is 0 Å². The van der Waals surface area contributed by atoms with Gasteiger partial charge in [-0.2, -0.15) is 0 Å². The largest absolute Gasteiger partial charge is 0.451 e. The summed E-state index contributed by atoms with van der Waals surface area (Å²) in [5, 5.41) is 0. The van der Waals surface area contributed by atoms with Crippen molar-refractivity contribution in [2.75, 3.05) is 0 Å². The number of carbonyl (C=O) groups excluding carboxylic acids is 3. The van der Waals surface area contributed by atoms with Gasteiger partial charge in [0.15, 0.2) is 17.2 Å². The summed E-state index contributed by atoms with van der Waals surface area (Å²) in [6.07, 6.45) is 7.31. The highest BCUT2D eigenvalue weighted by Gasteiger charge is 2.67. The number of fused-ring (bicyclic) bond motifs is 5. The molecular weight excluding hydrogens is 352 g/mol. The highest BCUT2D eigenvalue weighted by molar-refractivity contribution is 5.96. The Labute approximate surface area is 168 Å². The third-order valence-corrected chi connectivity index (χ3v) is 9.42. The van der Waals surface area contributed by atoms with Gasteiger partial charge in [-0.15, -0.1) is 0 Å². The van der Waals surface area contributed by atoms with E-state index in [1.54, 1.807) is 6.92 Å². The first-order valence-electron chi connectivity index (χ1n) is 11.0. The molecule has 0 aromatic heterocycles. The molecular formula is C24H34O4. The van der Waals surface area contributed by atoms with Crippen LogP contribution in [0.4, 0.5) is 0 Å². The Morgan fingerprint density at radius 2 is 1.64 bits per heavy atom. The predicted octanol–water partition coefficient (Wildman–Crippen LogP) is 4.80. The van der Waals surface area contributed by atoms with Crippen LogP contribution >= 0.6 is 0 Å². The number of Topliss-reactive ketones (excluding diaryl/α,β-unsaturated/α-hetero) is 2. The molecule has 6 unspecified atom stereocenters. The second-order valence-electron chi connectivity index (χ2n) is 10.3. The molecule has 154 valence electrons. The average molecular weight is 387 g/mol. The molecule has 0 spiro atoms. The molecule has 0 aromatic carbocycles. The second kappa shape index (κ2) is 6.27. The third kappa shape index (κ3) is 2.39. The zero-order valence-electron chi connectivity index (χ0n) is 18.0. The van der Waals surface area contributed by atoms with E-state index in [0.717, 1.165) is 44.1 Å². The summed E-state index contributed by atoms with van der Waals surface area (Å²) in [6, 6.07) is 0. The number of ether oxygens (including phenoxy) is 1. The normalized spacial score (nSPS) is 45.2. The van der Waals surface area contributed by atoms with Gasteiger partial charge in [-0.1, -0.05) is 19.4 Å². The maximum atomic E-state index is 12.8. The molecule has 3 fully saturated rings. The molecule has 3 saturated carbocycles. The highest BCUT2D eigenvalue weighted by Crippen LogP contribution is 2.68. The SMILES string of the molecule is CC(=O)OC1(C(C)=O)CCC2C3CCC4=C(C)C(=O)CCC4(C)C3CCC21C. The number of carbonyl (C=O) groups is 3. The maximum Gasteiger partial charge on any atom is 0.303 e. The molecule has 0 saturated heterocycles. The van der Waals surface area contributed by atoms with Crippen molar-refractivity contribution in [2.24, 2.45) is 28.6 Å². The highest BCUT2D eigenvalue weighted by atomic mass is 16.6. The first kappa shape index (κ1) is 19.8. The maximum absolute atomic E-state index is 12.8. The van der Waals surface area contributed by atoms with Crippen molar-refractivity contribution in [1.29, 1.82) is 0 Å².